The van der Waals surface area contributed by atoms with Crippen LogP contribution in [-0.2, 0) is 0 Å². The number of nitrogens with one attached hydrogen (secondary N) is 1. The molecule has 0 spiro atoms. The Morgan fingerprint density at radius 1 is 1.35 bits per heavy atom. The van der Waals surface area contributed by atoms with Crippen LogP contribution in [0.5, 0.6) is 0 Å². The Bertz CT molecular complexity index is 380. The fourth-order valence-electron chi connectivity index (χ4n) is 2.29. The molecule has 1 aliphatic rings. The highest BCUT2D eigenvalue weighted by atomic mass is 35.5. The Kier molecular flexibility index (Phi) is 3.89. The molecule has 17 heavy (non-hydrogen) atoms. The van der Waals surface area contributed by atoms with E-state index in [1.165, 1.54) is 0 Å². The number of anilines is 1. The molecule has 2 rings (SSSR count). The molecule has 0 aliphatic carbocycles. The molecule has 0 amide bonds. The molecule has 1 fully saturated rings. The fourth-order valence-corrected chi connectivity index (χ4v) is 2.55. The molecule has 1 aliphatic heterocycles. The molecule has 1 heterocycles. The van der Waals surface area contributed by atoms with Crippen molar-refractivity contribution in [1.82, 2.24) is 4.90 Å². The summed E-state index contributed by atoms with van der Waals surface area (Å²) in [7, 11) is 0. The quantitative estimate of drug-likeness (QED) is 0.835. The average Bonchev–Trinajstić information content (AvgIpc) is 2.67. The second-order valence-corrected chi connectivity index (χ2v) is 4.58. The van der Waals surface area contributed by atoms with E-state index < -0.39 is 0 Å². The maximum atomic E-state index is 8.22. The van der Waals surface area contributed by atoms with Crippen LogP contribution in [0.2, 0.25) is 0 Å². The van der Waals surface area contributed by atoms with Crippen molar-refractivity contribution in [2.75, 3.05) is 23.9 Å². The highest BCUT2D eigenvalue weighted by Gasteiger charge is 2.33. The first-order chi connectivity index (χ1) is 8.27. The first kappa shape index (κ1) is 12.2. The molecule has 1 N–H and O–H groups in total. The van der Waals surface area contributed by atoms with Gasteiger partial charge in [0.15, 0.2) is 5.96 Å². The molecule has 0 bridgehead atoms. The second-order valence-electron chi connectivity index (χ2n) is 4.20. The van der Waals surface area contributed by atoms with Crippen LogP contribution < -0.4 is 4.90 Å². The highest BCUT2D eigenvalue weighted by molar-refractivity contribution is 6.18. The van der Waals surface area contributed by atoms with Crippen LogP contribution in [0.1, 0.15) is 13.3 Å². The number of nitrogens with zero attached hydrogens (tertiary/aromatic N) is 2. The molecule has 0 aromatic heterocycles. The molecule has 4 heteroatoms. The van der Waals surface area contributed by atoms with Gasteiger partial charge in [-0.15, -0.1) is 11.6 Å². The Morgan fingerprint density at radius 2 is 2.06 bits per heavy atom. The predicted molar refractivity (Wildman–Crippen MR) is 73.0 cm³/mol. The Hall–Kier alpha value is -1.22. The summed E-state index contributed by atoms with van der Waals surface area (Å²) in [6, 6.07) is 10.4. The van der Waals surface area contributed by atoms with E-state index >= 15 is 0 Å². The number of rotatable bonds is 4. The largest absolute Gasteiger partial charge is 0.341 e. The van der Waals surface area contributed by atoms with Crippen LogP contribution in [0.15, 0.2) is 30.3 Å². The number of guanidine groups is 1. The van der Waals surface area contributed by atoms with Crippen LogP contribution in [0, 0.1) is 5.41 Å². The lowest BCUT2D eigenvalue weighted by Gasteiger charge is -2.24. The van der Waals surface area contributed by atoms with E-state index in [1.807, 2.05) is 18.2 Å². The van der Waals surface area contributed by atoms with Gasteiger partial charge in [-0.05, 0) is 25.5 Å². The highest BCUT2D eigenvalue weighted by Crippen LogP contribution is 2.25. The molecule has 1 aromatic rings. The van der Waals surface area contributed by atoms with Crippen molar-refractivity contribution < 1.29 is 0 Å². The molecule has 1 aromatic carbocycles. The first-order valence-electron chi connectivity index (χ1n) is 6.01. The number of hydrogen-bond acceptors (Lipinski definition) is 1. The number of alkyl halides is 1. The van der Waals surface area contributed by atoms with Gasteiger partial charge in [0.1, 0.15) is 0 Å². The van der Waals surface area contributed by atoms with Crippen molar-refractivity contribution in [2.45, 2.75) is 19.4 Å². The summed E-state index contributed by atoms with van der Waals surface area (Å²) < 4.78 is 0. The fraction of sp³-hybridized carbons (Fsp3) is 0.462. The predicted octanol–water partition coefficient (Wildman–Crippen LogP) is 2.76. The van der Waals surface area contributed by atoms with Crippen LogP contribution in [0.25, 0.3) is 0 Å². The van der Waals surface area contributed by atoms with Gasteiger partial charge in [0.05, 0.1) is 6.04 Å². The van der Waals surface area contributed by atoms with Gasteiger partial charge in [0.25, 0.3) is 0 Å². The van der Waals surface area contributed by atoms with Gasteiger partial charge in [-0.2, -0.15) is 0 Å². The molecule has 3 nitrogen and oxygen atoms in total. The minimum atomic E-state index is 0.322. The van der Waals surface area contributed by atoms with Crippen molar-refractivity contribution in [3.05, 3.63) is 30.3 Å². The van der Waals surface area contributed by atoms with E-state index in [4.69, 9.17) is 17.0 Å². The maximum absolute atomic E-state index is 8.22. The van der Waals surface area contributed by atoms with Crippen molar-refractivity contribution in [3.8, 4) is 0 Å². The number of halogens is 1. The Labute approximate surface area is 107 Å². The zero-order valence-electron chi connectivity index (χ0n) is 10.1. The van der Waals surface area contributed by atoms with Gasteiger partial charge in [-0.25, -0.2) is 0 Å². The number of benzene rings is 1. The lowest BCUT2D eigenvalue weighted by molar-refractivity contribution is 0.449. The SMILES string of the molecule is CCN1CC(CCCl)N(c2ccccc2)C1=N. The first-order valence-corrected chi connectivity index (χ1v) is 6.55. The van der Waals surface area contributed by atoms with Crippen LogP contribution in [0.3, 0.4) is 0 Å². The summed E-state index contributed by atoms with van der Waals surface area (Å²) in [5.74, 6) is 1.23. The summed E-state index contributed by atoms with van der Waals surface area (Å²) >= 11 is 5.86. The van der Waals surface area contributed by atoms with E-state index in [1.54, 1.807) is 0 Å². The number of para-hydroxylation sites is 1. The third-order valence-electron chi connectivity index (χ3n) is 3.18. The Morgan fingerprint density at radius 3 is 2.65 bits per heavy atom. The van der Waals surface area contributed by atoms with Gasteiger partial charge in [-0.1, -0.05) is 18.2 Å². The average molecular weight is 252 g/mol. The zero-order valence-corrected chi connectivity index (χ0v) is 10.8. The maximum Gasteiger partial charge on any atom is 0.198 e. The standard InChI is InChI=1S/C13H18ClN3/c1-2-16-10-12(8-9-14)17(13(16)15)11-6-4-3-5-7-11/h3-7,12,15H,2,8-10H2,1H3. The number of hydrogen-bond donors (Lipinski definition) is 1. The smallest absolute Gasteiger partial charge is 0.198 e. The minimum absolute atomic E-state index is 0.322. The topological polar surface area (TPSA) is 30.3 Å². The molecule has 0 saturated carbocycles. The molecule has 1 saturated heterocycles. The van der Waals surface area contributed by atoms with E-state index in [9.17, 15) is 0 Å². The van der Waals surface area contributed by atoms with Crippen LogP contribution >= 0.6 is 11.6 Å². The monoisotopic (exact) mass is 251 g/mol. The van der Waals surface area contributed by atoms with Gasteiger partial charge < -0.3 is 9.80 Å². The normalized spacial score (nSPS) is 20.1. The van der Waals surface area contributed by atoms with Gasteiger partial charge >= 0.3 is 0 Å². The molecular formula is C13H18ClN3. The summed E-state index contributed by atoms with van der Waals surface area (Å²) in [5.41, 5.74) is 1.09. The van der Waals surface area contributed by atoms with E-state index in [0.29, 0.717) is 17.9 Å². The molecule has 0 radical (unpaired) electrons. The molecule has 92 valence electrons. The summed E-state index contributed by atoms with van der Waals surface area (Å²) in [4.78, 5) is 4.18. The third-order valence-corrected chi connectivity index (χ3v) is 3.40. The number of likely N-dealkylation sites (N-methyl/N-ethyl adjacent to an activating group) is 1. The lowest BCUT2D eigenvalue weighted by atomic mass is 10.2. The molecule has 1 atom stereocenters. The van der Waals surface area contributed by atoms with Crippen molar-refractivity contribution in [2.24, 2.45) is 0 Å². The van der Waals surface area contributed by atoms with Crippen LogP contribution in [0.4, 0.5) is 5.69 Å². The summed E-state index contributed by atoms with van der Waals surface area (Å²) in [6.45, 7) is 3.86. The van der Waals surface area contributed by atoms with E-state index in [0.717, 1.165) is 25.2 Å². The van der Waals surface area contributed by atoms with E-state index in [-0.39, 0.29) is 0 Å². The minimum Gasteiger partial charge on any atom is -0.341 e. The van der Waals surface area contributed by atoms with Gasteiger partial charge in [-0.3, -0.25) is 5.41 Å². The zero-order chi connectivity index (χ0) is 12.3. The van der Waals surface area contributed by atoms with Crippen molar-refractivity contribution >= 4 is 23.2 Å². The summed E-state index contributed by atoms with van der Waals surface area (Å²) in [5, 5.41) is 8.22. The van der Waals surface area contributed by atoms with Gasteiger partial charge in [0, 0.05) is 24.7 Å². The van der Waals surface area contributed by atoms with Gasteiger partial charge in [0.2, 0.25) is 0 Å². The van der Waals surface area contributed by atoms with Crippen molar-refractivity contribution in [3.63, 3.8) is 0 Å². The Balaban J connectivity index is 2.25. The lowest BCUT2D eigenvalue weighted by Crippen LogP contribution is -2.35. The van der Waals surface area contributed by atoms with Crippen LogP contribution in [-0.4, -0.2) is 35.9 Å². The third kappa shape index (κ3) is 2.39. The molecule has 1 unspecified atom stereocenters. The van der Waals surface area contributed by atoms with Crippen molar-refractivity contribution in [1.29, 1.82) is 5.41 Å². The van der Waals surface area contributed by atoms with E-state index in [2.05, 4.69) is 28.9 Å². The molecular weight excluding hydrogens is 234 g/mol. The summed E-state index contributed by atoms with van der Waals surface area (Å²) in [6.07, 6.45) is 0.912. The second kappa shape index (κ2) is 5.41.